The van der Waals surface area contributed by atoms with Gasteiger partial charge in [-0.25, -0.2) is 4.79 Å². The molecule has 1 aromatic heterocycles. The van der Waals surface area contributed by atoms with E-state index in [1.165, 1.54) is 11.1 Å². The SMILES string of the molecule is CO[C@@H]1CCN(Cc2ccoc2)[C@H]1Cc1ccccc1.O=C(O)C(F)(F)F. The van der Waals surface area contributed by atoms with Gasteiger partial charge in [-0.05, 0) is 24.5 Å². The lowest BCUT2D eigenvalue weighted by Gasteiger charge is -2.27. The molecule has 0 saturated carbocycles. The normalized spacial score (nSPS) is 20.1. The summed E-state index contributed by atoms with van der Waals surface area (Å²) in [4.78, 5) is 11.4. The fraction of sp³-hybridized carbons (Fsp3) is 0.421. The molecule has 0 spiro atoms. The molecule has 148 valence electrons. The quantitative estimate of drug-likeness (QED) is 0.850. The molecule has 1 fully saturated rings. The summed E-state index contributed by atoms with van der Waals surface area (Å²) in [6.07, 6.45) is 0.954. The number of nitrogens with zero attached hydrogens (tertiary/aromatic N) is 1. The number of halogens is 3. The van der Waals surface area contributed by atoms with Crippen molar-refractivity contribution in [1.82, 2.24) is 4.90 Å². The number of furan rings is 1. The molecular weight excluding hydrogens is 363 g/mol. The van der Waals surface area contributed by atoms with Crippen molar-refractivity contribution >= 4 is 5.97 Å². The van der Waals surface area contributed by atoms with Crippen LogP contribution in [-0.2, 0) is 22.5 Å². The Balaban J connectivity index is 0.000000321. The van der Waals surface area contributed by atoms with Crippen molar-refractivity contribution in [2.45, 2.75) is 37.7 Å². The highest BCUT2D eigenvalue weighted by Gasteiger charge is 2.38. The molecule has 3 rings (SSSR count). The van der Waals surface area contributed by atoms with E-state index in [4.69, 9.17) is 19.1 Å². The summed E-state index contributed by atoms with van der Waals surface area (Å²) in [6.45, 7) is 2.02. The maximum atomic E-state index is 10.6. The van der Waals surface area contributed by atoms with Gasteiger partial charge in [-0.1, -0.05) is 30.3 Å². The van der Waals surface area contributed by atoms with E-state index in [9.17, 15) is 13.2 Å². The molecule has 0 aliphatic carbocycles. The van der Waals surface area contributed by atoms with Crippen LogP contribution in [0.5, 0.6) is 0 Å². The van der Waals surface area contributed by atoms with Crippen molar-refractivity contribution in [1.29, 1.82) is 0 Å². The predicted molar refractivity (Wildman–Crippen MR) is 92.2 cm³/mol. The van der Waals surface area contributed by atoms with Crippen LogP contribution in [0.3, 0.4) is 0 Å². The Labute approximate surface area is 155 Å². The Morgan fingerprint density at radius 2 is 1.93 bits per heavy atom. The standard InChI is InChI=1S/C17H21NO2.C2HF3O2/c1-19-17-7-9-18(12-15-8-10-20-13-15)16(17)11-14-5-3-2-4-6-14;3-2(4,5)1(6)7/h2-6,8,10,13,16-17H,7,9,11-12H2,1H3;(H,6,7)/t16-,17+;/m0./s1. The summed E-state index contributed by atoms with van der Waals surface area (Å²) in [5.41, 5.74) is 2.61. The maximum absolute atomic E-state index is 10.6. The predicted octanol–water partition coefficient (Wildman–Crippen LogP) is 3.74. The van der Waals surface area contributed by atoms with Gasteiger partial charge in [0, 0.05) is 31.8 Å². The Hall–Kier alpha value is -2.32. The highest BCUT2D eigenvalue weighted by molar-refractivity contribution is 5.73. The first-order valence-electron chi connectivity index (χ1n) is 8.43. The first-order valence-corrected chi connectivity index (χ1v) is 8.43. The van der Waals surface area contributed by atoms with Gasteiger partial charge in [0.25, 0.3) is 0 Å². The molecule has 1 saturated heterocycles. The number of carboxylic acids is 1. The third-order valence-electron chi connectivity index (χ3n) is 4.40. The number of carbonyl (C=O) groups is 1. The Bertz CT molecular complexity index is 689. The van der Waals surface area contributed by atoms with Crippen LogP contribution in [0, 0.1) is 0 Å². The van der Waals surface area contributed by atoms with Crippen LogP contribution in [0.25, 0.3) is 0 Å². The van der Waals surface area contributed by atoms with Crippen molar-refractivity contribution in [2.75, 3.05) is 13.7 Å². The molecule has 2 atom stereocenters. The van der Waals surface area contributed by atoms with Crippen LogP contribution in [-0.4, -0.2) is 48.0 Å². The number of alkyl halides is 3. The van der Waals surface area contributed by atoms with Crippen LogP contribution < -0.4 is 0 Å². The average molecular weight is 385 g/mol. The van der Waals surface area contributed by atoms with E-state index >= 15 is 0 Å². The van der Waals surface area contributed by atoms with E-state index in [0.717, 1.165) is 25.9 Å². The lowest BCUT2D eigenvalue weighted by Crippen LogP contribution is -2.37. The van der Waals surface area contributed by atoms with Crippen LogP contribution >= 0.6 is 0 Å². The molecule has 1 aliphatic heterocycles. The molecule has 2 heterocycles. The van der Waals surface area contributed by atoms with Gasteiger partial charge in [0.05, 0.1) is 18.6 Å². The molecule has 1 aromatic carbocycles. The Kier molecular flexibility index (Phi) is 7.44. The second kappa shape index (κ2) is 9.57. The third kappa shape index (κ3) is 6.41. The van der Waals surface area contributed by atoms with Crippen LogP contribution in [0.2, 0.25) is 0 Å². The summed E-state index contributed by atoms with van der Waals surface area (Å²) >= 11 is 0. The maximum Gasteiger partial charge on any atom is 0.490 e. The van der Waals surface area contributed by atoms with Crippen molar-refractivity contribution in [3.05, 3.63) is 60.1 Å². The largest absolute Gasteiger partial charge is 0.490 e. The van der Waals surface area contributed by atoms with Crippen molar-refractivity contribution in [2.24, 2.45) is 0 Å². The number of rotatable bonds is 5. The molecule has 0 radical (unpaired) electrons. The summed E-state index contributed by atoms with van der Waals surface area (Å²) in [5.74, 6) is -2.76. The second-order valence-corrected chi connectivity index (χ2v) is 6.22. The molecule has 1 aliphatic rings. The molecule has 0 bridgehead atoms. The van der Waals surface area contributed by atoms with Crippen molar-refractivity contribution in [3.63, 3.8) is 0 Å². The number of hydrogen-bond donors (Lipinski definition) is 1. The number of benzene rings is 1. The molecule has 27 heavy (non-hydrogen) atoms. The minimum atomic E-state index is -5.08. The number of carboxylic acid groups (broad SMARTS) is 1. The smallest absolute Gasteiger partial charge is 0.475 e. The van der Waals surface area contributed by atoms with Gasteiger partial charge in [-0.15, -0.1) is 0 Å². The molecule has 5 nitrogen and oxygen atoms in total. The summed E-state index contributed by atoms with van der Waals surface area (Å²) in [6, 6.07) is 13.1. The Morgan fingerprint density at radius 1 is 1.26 bits per heavy atom. The van der Waals surface area contributed by atoms with Gasteiger partial charge in [-0.2, -0.15) is 13.2 Å². The zero-order chi connectivity index (χ0) is 19.9. The van der Waals surface area contributed by atoms with E-state index in [1.54, 1.807) is 6.26 Å². The van der Waals surface area contributed by atoms with Crippen LogP contribution in [0.1, 0.15) is 17.5 Å². The van der Waals surface area contributed by atoms with E-state index in [0.29, 0.717) is 12.1 Å². The fourth-order valence-corrected chi connectivity index (χ4v) is 3.09. The van der Waals surface area contributed by atoms with Gasteiger partial charge in [0.15, 0.2) is 0 Å². The number of ether oxygens (including phenoxy) is 1. The minimum absolute atomic E-state index is 0.321. The zero-order valence-electron chi connectivity index (χ0n) is 14.9. The minimum Gasteiger partial charge on any atom is -0.475 e. The summed E-state index contributed by atoms with van der Waals surface area (Å²) < 4.78 is 42.6. The third-order valence-corrected chi connectivity index (χ3v) is 4.40. The molecular formula is C19H22F3NO4. The molecule has 0 amide bonds. The highest BCUT2D eigenvalue weighted by atomic mass is 19.4. The van der Waals surface area contributed by atoms with Gasteiger partial charge in [0.2, 0.25) is 0 Å². The Morgan fingerprint density at radius 3 is 2.44 bits per heavy atom. The van der Waals surface area contributed by atoms with E-state index < -0.39 is 12.1 Å². The second-order valence-electron chi connectivity index (χ2n) is 6.22. The van der Waals surface area contributed by atoms with E-state index in [-0.39, 0.29) is 0 Å². The van der Waals surface area contributed by atoms with Crippen LogP contribution in [0.4, 0.5) is 13.2 Å². The summed E-state index contributed by atoms with van der Waals surface area (Å²) in [7, 11) is 1.82. The van der Waals surface area contributed by atoms with E-state index in [2.05, 4.69) is 35.2 Å². The number of aliphatic carboxylic acids is 1. The number of hydrogen-bond acceptors (Lipinski definition) is 4. The van der Waals surface area contributed by atoms with Gasteiger partial charge in [-0.3, -0.25) is 4.90 Å². The van der Waals surface area contributed by atoms with Crippen molar-refractivity contribution < 1.29 is 32.2 Å². The molecule has 8 heteroatoms. The molecule has 0 unspecified atom stereocenters. The van der Waals surface area contributed by atoms with Crippen molar-refractivity contribution in [3.8, 4) is 0 Å². The van der Waals surface area contributed by atoms with Gasteiger partial charge in [0.1, 0.15) is 0 Å². The fourth-order valence-electron chi connectivity index (χ4n) is 3.09. The van der Waals surface area contributed by atoms with E-state index in [1.807, 2.05) is 19.4 Å². The lowest BCUT2D eigenvalue weighted by atomic mass is 10.0. The topological polar surface area (TPSA) is 62.9 Å². The first-order chi connectivity index (χ1) is 12.8. The zero-order valence-corrected chi connectivity index (χ0v) is 14.9. The number of likely N-dealkylation sites (tertiary alicyclic amines) is 1. The van der Waals surface area contributed by atoms with Crippen LogP contribution in [0.15, 0.2) is 53.3 Å². The molecule has 1 N–H and O–H groups in total. The molecule has 2 aromatic rings. The average Bonchev–Trinajstić information content (AvgIpc) is 3.26. The summed E-state index contributed by atoms with van der Waals surface area (Å²) in [5, 5.41) is 7.12. The number of methoxy groups -OCH3 is 1. The van der Waals surface area contributed by atoms with Gasteiger partial charge < -0.3 is 14.3 Å². The van der Waals surface area contributed by atoms with Gasteiger partial charge >= 0.3 is 12.1 Å². The monoisotopic (exact) mass is 385 g/mol. The first kappa shape index (κ1) is 21.0. The lowest BCUT2D eigenvalue weighted by molar-refractivity contribution is -0.192. The highest BCUT2D eigenvalue weighted by Crippen LogP contribution is 2.26.